The summed E-state index contributed by atoms with van der Waals surface area (Å²) in [7, 11) is 0. The molecule has 200 valence electrons. The molecule has 0 saturated heterocycles. The van der Waals surface area contributed by atoms with Crippen LogP contribution in [0.15, 0.2) is 60.7 Å². The van der Waals surface area contributed by atoms with Crippen LogP contribution < -0.4 is 11.1 Å². The molecule has 1 aromatic heterocycles. The van der Waals surface area contributed by atoms with Crippen molar-refractivity contribution in [3.05, 3.63) is 117 Å². The molecule has 0 bridgehead atoms. The van der Waals surface area contributed by atoms with E-state index in [4.69, 9.17) is 5.73 Å². The van der Waals surface area contributed by atoms with Crippen molar-refractivity contribution >= 4 is 11.7 Å². The number of nitrogen functional groups attached to an aromatic ring is 1. The van der Waals surface area contributed by atoms with Gasteiger partial charge in [-0.1, -0.05) is 45.0 Å². The number of fused-ring (bicyclic) bond motifs is 2. The Morgan fingerprint density at radius 2 is 1.69 bits per heavy atom. The Bertz CT molecular complexity index is 1600. The number of aliphatic hydroxyl groups excluding tert-OH is 1. The Hall–Kier alpha value is -4.10. The number of carbonyl (C=O) groups excluding carboxylic acids is 1. The topological polar surface area (TPSA) is 88.2 Å². The minimum atomic E-state index is -0.882. The molecular formula is C32H31F2N3O2. The average molecular weight is 528 g/mol. The van der Waals surface area contributed by atoms with E-state index in [-0.39, 0.29) is 23.3 Å². The van der Waals surface area contributed by atoms with Crippen LogP contribution >= 0.6 is 0 Å². The van der Waals surface area contributed by atoms with Gasteiger partial charge in [0.1, 0.15) is 23.6 Å². The van der Waals surface area contributed by atoms with Crippen LogP contribution in [0.25, 0.3) is 11.1 Å². The summed E-state index contributed by atoms with van der Waals surface area (Å²) < 4.78 is 27.9. The first-order valence-electron chi connectivity index (χ1n) is 13.0. The molecule has 4 N–H and O–H groups in total. The predicted molar refractivity (Wildman–Crippen MR) is 148 cm³/mol. The number of nitrogens with two attached hydrogens (primary N) is 1. The lowest BCUT2D eigenvalue weighted by molar-refractivity contribution is 0.0950. The van der Waals surface area contributed by atoms with Gasteiger partial charge in [0.2, 0.25) is 0 Å². The highest BCUT2D eigenvalue weighted by Crippen LogP contribution is 2.43. The van der Waals surface area contributed by atoms with Crippen molar-refractivity contribution < 1.29 is 18.7 Å². The Balaban J connectivity index is 1.43. The van der Waals surface area contributed by atoms with Crippen LogP contribution in [0.2, 0.25) is 0 Å². The zero-order valence-corrected chi connectivity index (χ0v) is 22.3. The number of halogens is 2. The Kier molecular flexibility index (Phi) is 6.95. The van der Waals surface area contributed by atoms with Gasteiger partial charge in [0, 0.05) is 35.3 Å². The number of aliphatic hydroxyl groups is 1. The fourth-order valence-electron chi connectivity index (χ4n) is 5.53. The Morgan fingerprint density at radius 1 is 1.00 bits per heavy atom. The van der Waals surface area contributed by atoms with Crippen LogP contribution in [0.3, 0.4) is 0 Å². The SMILES string of the molecule is Cc1nc(N)cc(C(C)C)c1CNC(=O)c1ccc2c(c1)[C@H](C)c1cc(-c3ccc(F)cc3F)ccc1[C@@H]2O. The maximum Gasteiger partial charge on any atom is 0.251 e. The van der Waals surface area contributed by atoms with E-state index in [1.165, 1.54) is 12.1 Å². The van der Waals surface area contributed by atoms with Crippen LogP contribution in [0, 0.1) is 18.6 Å². The molecule has 2 atom stereocenters. The lowest BCUT2D eigenvalue weighted by Crippen LogP contribution is -2.25. The van der Waals surface area contributed by atoms with E-state index in [1.54, 1.807) is 24.3 Å². The molecule has 0 aliphatic heterocycles. The van der Waals surface area contributed by atoms with Crippen molar-refractivity contribution in [1.29, 1.82) is 0 Å². The molecule has 5 rings (SSSR count). The summed E-state index contributed by atoms with van der Waals surface area (Å²) in [6, 6.07) is 16.0. The second-order valence-electron chi connectivity index (χ2n) is 10.5. The van der Waals surface area contributed by atoms with Crippen LogP contribution in [-0.2, 0) is 6.54 Å². The zero-order chi connectivity index (χ0) is 28.0. The van der Waals surface area contributed by atoms with E-state index in [0.717, 1.165) is 45.1 Å². The number of aryl methyl sites for hydroxylation is 1. The van der Waals surface area contributed by atoms with Crippen molar-refractivity contribution in [3.63, 3.8) is 0 Å². The van der Waals surface area contributed by atoms with Gasteiger partial charge in [0.25, 0.3) is 5.91 Å². The summed E-state index contributed by atoms with van der Waals surface area (Å²) in [5.74, 6) is -1.00. The molecule has 1 aliphatic rings. The third kappa shape index (κ3) is 4.90. The molecule has 1 amide bonds. The number of anilines is 1. The predicted octanol–water partition coefficient (Wildman–Crippen LogP) is 6.52. The van der Waals surface area contributed by atoms with Gasteiger partial charge in [0.05, 0.1) is 0 Å². The maximum absolute atomic E-state index is 14.5. The van der Waals surface area contributed by atoms with Gasteiger partial charge < -0.3 is 16.2 Å². The number of rotatable bonds is 5. The maximum atomic E-state index is 14.5. The fourth-order valence-corrected chi connectivity index (χ4v) is 5.53. The summed E-state index contributed by atoms with van der Waals surface area (Å²) in [5, 5.41) is 14.2. The van der Waals surface area contributed by atoms with Gasteiger partial charge in [-0.05, 0) is 82.1 Å². The van der Waals surface area contributed by atoms with Crippen LogP contribution in [0.1, 0.15) is 88.1 Å². The molecule has 0 spiro atoms. The summed E-state index contributed by atoms with van der Waals surface area (Å²) in [4.78, 5) is 17.6. The summed E-state index contributed by atoms with van der Waals surface area (Å²) >= 11 is 0. The van der Waals surface area contributed by atoms with E-state index in [1.807, 2.05) is 32.0 Å². The Labute approximate surface area is 226 Å². The third-order valence-corrected chi connectivity index (χ3v) is 7.63. The number of carbonyl (C=O) groups is 1. The van der Waals surface area contributed by atoms with Crippen LogP contribution in [-0.4, -0.2) is 16.0 Å². The highest BCUT2D eigenvalue weighted by molar-refractivity contribution is 5.94. The Morgan fingerprint density at radius 3 is 2.38 bits per heavy atom. The van der Waals surface area contributed by atoms with Crippen molar-refractivity contribution in [1.82, 2.24) is 10.3 Å². The highest BCUT2D eigenvalue weighted by atomic mass is 19.1. The van der Waals surface area contributed by atoms with Gasteiger partial charge in [-0.2, -0.15) is 0 Å². The molecule has 3 aromatic carbocycles. The van der Waals surface area contributed by atoms with E-state index in [2.05, 4.69) is 24.1 Å². The van der Waals surface area contributed by atoms with Crippen LogP contribution in [0.4, 0.5) is 14.6 Å². The van der Waals surface area contributed by atoms with E-state index in [0.29, 0.717) is 23.5 Å². The van der Waals surface area contributed by atoms with Gasteiger partial charge in [-0.15, -0.1) is 0 Å². The summed E-state index contributed by atoms with van der Waals surface area (Å²) in [5.41, 5.74) is 13.2. The molecule has 0 fully saturated rings. The molecule has 1 heterocycles. The molecular weight excluding hydrogens is 496 g/mol. The minimum absolute atomic E-state index is 0.161. The summed E-state index contributed by atoms with van der Waals surface area (Å²) in [6.45, 7) is 8.34. The van der Waals surface area contributed by atoms with Gasteiger partial charge in [-0.25, -0.2) is 13.8 Å². The van der Waals surface area contributed by atoms with Gasteiger partial charge >= 0.3 is 0 Å². The molecule has 1 aliphatic carbocycles. The van der Waals surface area contributed by atoms with Crippen LogP contribution in [0.5, 0.6) is 0 Å². The fraction of sp³-hybridized carbons (Fsp3) is 0.250. The monoisotopic (exact) mass is 527 g/mol. The summed E-state index contributed by atoms with van der Waals surface area (Å²) in [6.07, 6.45) is -0.882. The second-order valence-corrected chi connectivity index (χ2v) is 10.5. The van der Waals surface area contributed by atoms with Crippen molar-refractivity contribution in [3.8, 4) is 11.1 Å². The zero-order valence-electron chi connectivity index (χ0n) is 22.3. The first-order valence-corrected chi connectivity index (χ1v) is 13.0. The number of aromatic nitrogens is 1. The smallest absolute Gasteiger partial charge is 0.251 e. The number of pyridine rings is 1. The van der Waals surface area contributed by atoms with Crippen molar-refractivity contribution in [2.24, 2.45) is 0 Å². The molecule has 39 heavy (non-hydrogen) atoms. The average Bonchev–Trinajstić information content (AvgIpc) is 2.90. The number of benzene rings is 3. The molecule has 5 nitrogen and oxygen atoms in total. The number of nitrogens with one attached hydrogen (secondary N) is 1. The number of hydrogen-bond acceptors (Lipinski definition) is 4. The molecule has 0 radical (unpaired) electrons. The molecule has 0 saturated carbocycles. The van der Waals surface area contributed by atoms with E-state index < -0.39 is 17.7 Å². The molecule has 0 unspecified atom stereocenters. The number of nitrogens with zero attached hydrogens (tertiary/aromatic N) is 1. The van der Waals surface area contributed by atoms with Gasteiger partial charge in [0.15, 0.2) is 0 Å². The first kappa shape index (κ1) is 26.5. The molecule has 7 heteroatoms. The van der Waals surface area contributed by atoms with Crippen molar-refractivity contribution in [2.45, 2.75) is 52.2 Å². The number of amides is 1. The largest absolute Gasteiger partial charge is 0.384 e. The third-order valence-electron chi connectivity index (χ3n) is 7.63. The highest BCUT2D eigenvalue weighted by Gasteiger charge is 2.30. The van der Waals surface area contributed by atoms with E-state index in [9.17, 15) is 18.7 Å². The van der Waals surface area contributed by atoms with Crippen molar-refractivity contribution in [2.75, 3.05) is 5.73 Å². The van der Waals surface area contributed by atoms with E-state index >= 15 is 0 Å². The quantitative estimate of drug-likeness (QED) is 0.276. The lowest BCUT2D eigenvalue weighted by Gasteiger charge is -2.30. The normalized spacial score (nSPS) is 16.1. The first-order chi connectivity index (χ1) is 18.5. The number of hydrogen-bond donors (Lipinski definition) is 3. The van der Waals surface area contributed by atoms with Gasteiger partial charge in [-0.3, -0.25) is 4.79 Å². The minimum Gasteiger partial charge on any atom is -0.384 e. The molecule has 4 aromatic rings. The lowest BCUT2D eigenvalue weighted by atomic mass is 9.76. The standard InChI is InChI=1S/C32H31F2N3O2/c1-16(2)25-14-30(35)37-18(4)28(25)15-36-32(39)20-6-9-24-27(12-20)17(3)26-11-19(5-8-23(26)31(24)38)22-10-7-21(33)13-29(22)34/h5-14,16-17,31,38H,15H2,1-4H3,(H2,35,37)(H,36,39)/t17-,31+/m1/s1. The second kappa shape index (κ2) is 10.2.